The maximum Gasteiger partial charge on any atom is 0.334 e. The summed E-state index contributed by atoms with van der Waals surface area (Å²) in [5.74, 6) is -0.859. The van der Waals surface area contributed by atoms with E-state index in [-0.39, 0.29) is 0 Å². The van der Waals surface area contributed by atoms with Crippen molar-refractivity contribution in [3.05, 3.63) is 23.3 Å². The van der Waals surface area contributed by atoms with Crippen molar-refractivity contribution in [2.24, 2.45) is 0 Å². The van der Waals surface area contributed by atoms with Gasteiger partial charge < -0.3 is 9.47 Å². The van der Waals surface area contributed by atoms with Gasteiger partial charge in [0.1, 0.15) is 0 Å². The fraction of sp³-hybridized carbons (Fsp3) is 0.647. The highest BCUT2D eigenvalue weighted by molar-refractivity contribution is 6.00. The molecule has 0 aliphatic carbocycles. The molecule has 0 saturated carbocycles. The number of unbranched alkanes of at least 4 members (excludes halogenated alkanes) is 2. The summed E-state index contributed by atoms with van der Waals surface area (Å²) in [6, 6.07) is 0. The summed E-state index contributed by atoms with van der Waals surface area (Å²) in [6.07, 6.45) is 7.62. The summed E-state index contributed by atoms with van der Waals surface area (Å²) >= 11 is 0. The third-order valence-corrected chi connectivity index (χ3v) is 3.03. The standard InChI is InChI=1S/C17H28O4/c1-5-8-11-15(17(19)21-13-10-7-3)14(4)16(18)20-12-9-6-2/h5,8H,6-7,9-13H2,1-4H3. The molecule has 0 saturated heterocycles. The molecule has 0 aliphatic rings. The van der Waals surface area contributed by atoms with Gasteiger partial charge >= 0.3 is 11.9 Å². The number of allylic oxidation sites excluding steroid dienone is 2. The molecule has 0 radical (unpaired) electrons. The van der Waals surface area contributed by atoms with Gasteiger partial charge in [-0.3, -0.25) is 0 Å². The predicted octanol–water partition coefficient (Wildman–Crippen LogP) is 3.96. The highest BCUT2D eigenvalue weighted by Gasteiger charge is 2.18. The van der Waals surface area contributed by atoms with Gasteiger partial charge in [-0.2, -0.15) is 0 Å². The summed E-state index contributed by atoms with van der Waals surface area (Å²) in [5, 5.41) is 0. The Hall–Kier alpha value is -1.58. The lowest BCUT2D eigenvalue weighted by Gasteiger charge is -2.10. The molecular weight excluding hydrogens is 268 g/mol. The second kappa shape index (κ2) is 12.2. The first-order valence-electron chi connectivity index (χ1n) is 7.73. The third kappa shape index (κ3) is 8.33. The van der Waals surface area contributed by atoms with Gasteiger partial charge in [-0.05, 0) is 33.1 Å². The van der Waals surface area contributed by atoms with Gasteiger partial charge in [0, 0.05) is 5.57 Å². The fourth-order valence-corrected chi connectivity index (χ4v) is 1.56. The largest absolute Gasteiger partial charge is 0.462 e. The molecule has 4 nitrogen and oxygen atoms in total. The second-order valence-corrected chi connectivity index (χ2v) is 4.86. The number of ether oxygens (including phenoxy) is 2. The molecule has 21 heavy (non-hydrogen) atoms. The van der Waals surface area contributed by atoms with Gasteiger partial charge in [0.15, 0.2) is 0 Å². The van der Waals surface area contributed by atoms with E-state index in [4.69, 9.17) is 9.47 Å². The van der Waals surface area contributed by atoms with Gasteiger partial charge in [0.05, 0.1) is 18.8 Å². The Balaban J connectivity index is 4.85. The number of esters is 2. The Morgan fingerprint density at radius 1 is 0.952 bits per heavy atom. The van der Waals surface area contributed by atoms with Crippen molar-refractivity contribution in [1.82, 2.24) is 0 Å². The molecular formula is C17H28O4. The smallest absolute Gasteiger partial charge is 0.334 e. The monoisotopic (exact) mass is 296 g/mol. The molecule has 0 aromatic rings. The van der Waals surface area contributed by atoms with Crippen LogP contribution in [0.5, 0.6) is 0 Å². The van der Waals surface area contributed by atoms with Crippen molar-refractivity contribution < 1.29 is 19.1 Å². The average Bonchev–Trinajstić information content (AvgIpc) is 2.47. The lowest BCUT2D eigenvalue weighted by Crippen LogP contribution is -2.16. The van der Waals surface area contributed by atoms with E-state index in [9.17, 15) is 9.59 Å². The van der Waals surface area contributed by atoms with Crippen molar-refractivity contribution in [3.8, 4) is 0 Å². The lowest BCUT2D eigenvalue weighted by atomic mass is 10.1. The molecule has 0 amide bonds. The van der Waals surface area contributed by atoms with Crippen molar-refractivity contribution in [2.75, 3.05) is 13.2 Å². The maximum absolute atomic E-state index is 12.1. The topological polar surface area (TPSA) is 52.6 Å². The van der Waals surface area contributed by atoms with Crippen molar-refractivity contribution in [3.63, 3.8) is 0 Å². The number of carbonyl (C=O) groups excluding carboxylic acids is 2. The molecule has 0 spiro atoms. The zero-order chi connectivity index (χ0) is 16.1. The van der Waals surface area contributed by atoms with E-state index in [1.54, 1.807) is 6.92 Å². The number of carbonyl (C=O) groups is 2. The van der Waals surface area contributed by atoms with E-state index in [2.05, 4.69) is 0 Å². The average molecular weight is 296 g/mol. The number of hydrogen-bond donors (Lipinski definition) is 0. The fourth-order valence-electron chi connectivity index (χ4n) is 1.56. The van der Waals surface area contributed by atoms with E-state index < -0.39 is 11.9 Å². The Morgan fingerprint density at radius 3 is 1.95 bits per heavy atom. The van der Waals surface area contributed by atoms with Crippen LogP contribution in [0.3, 0.4) is 0 Å². The van der Waals surface area contributed by atoms with Crippen LogP contribution in [0.25, 0.3) is 0 Å². The molecule has 0 bridgehead atoms. The van der Waals surface area contributed by atoms with E-state index in [1.807, 2.05) is 32.9 Å². The molecule has 0 fully saturated rings. The first-order valence-corrected chi connectivity index (χ1v) is 7.73. The Morgan fingerprint density at radius 2 is 1.48 bits per heavy atom. The molecule has 0 N–H and O–H groups in total. The highest BCUT2D eigenvalue weighted by Crippen LogP contribution is 2.14. The molecule has 0 unspecified atom stereocenters. The van der Waals surface area contributed by atoms with E-state index in [0.717, 1.165) is 25.7 Å². The first-order chi connectivity index (χ1) is 10.1. The SMILES string of the molecule is CC=CCC(C(=O)OCCCC)=C(C)C(=O)OCCCC. The van der Waals surface area contributed by atoms with Gasteiger partial charge in [0.2, 0.25) is 0 Å². The summed E-state index contributed by atoms with van der Waals surface area (Å²) in [5.41, 5.74) is 0.719. The Kier molecular flexibility index (Phi) is 11.3. The van der Waals surface area contributed by atoms with E-state index in [0.29, 0.717) is 30.8 Å². The summed E-state index contributed by atoms with van der Waals surface area (Å²) < 4.78 is 10.4. The second-order valence-electron chi connectivity index (χ2n) is 4.86. The highest BCUT2D eigenvalue weighted by atomic mass is 16.5. The van der Waals surface area contributed by atoms with E-state index >= 15 is 0 Å². The van der Waals surface area contributed by atoms with Crippen LogP contribution in [-0.2, 0) is 19.1 Å². The molecule has 0 atom stereocenters. The van der Waals surface area contributed by atoms with Crippen LogP contribution in [0.15, 0.2) is 23.3 Å². The van der Waals surface area contributed by atoms with Gasteiger partial charge in [0.25, 0.3) is 0 Å². The minimum absolute atomic E-state index is 0.339. The number of hydrogen-bond acceptors (Lipinski definition) is 4. The zero-order valence-electron chi connectivity index (χ0n) is 13.7. The van der Waals surface area contributed by atoms with Crippen LogP contribution >= 0.6 is 0 Å². The minimum atomic E-state index is -0.435. The van der Waals surface area contributed by atoms with Crippen LogP contribution in [-0.4, -0.2) is 25.2 Å². The molecule has 0 aliphatic heterocycles. The van der Waals surface area contributed by atoms with Crippen LogP contribution < -0.4 is 0 Å². The van der Waals surface area contributed by atoms with Crippen LogP contribution in [0.1, 0.15) is 59.8 Å². The lowest BCUT2D eigenvalue weighted by molar-refractivity contribution is -0.142. The minimum Gasteiger partial charge on any atom is -0.462 e. The molecule has 0 aromatic carbocycles. The normalized spacial score (nSPS) is 12.2. The zero-order valence-corrected chi connectivity index (χ0v) is 13.7. The summed E-state index contributed by atoms with van der Waals surface area (Å²) in [4.78, 5) is 24.0. The van der Waals surface area contributed by atoms with Crippen molar-refractivity contribution in [1.29, 1.82) is 0 Å². The van der Waals surface area contributed by atoms with Crippen molar-refractivity contribution in [2.45, 2.75) is 59.8 Å². The predicted molar refractivity (Wildman–Crippen MR) is 83.9 cm³/mol. The number of rotatable bonds is 10. The Bertz CT molecular complexity index is 380. The molecule has 120 valence electrons. The third-order valence-electron chi connectivity index (χ3n) is 3.03. The molecule has 0 heterocycles. The quantitative estimate of drug-likeness (QED) is 0.265. The van der Waals surface area contributed by atoms with Gasteiger partial charge in [-0.1, -0.05) is 38.8 Å². The van der Waals surface area contributed by atoms with Crippen LogP contribution in [0, 0.1) is 0 Å². The van der Waals surface area contributed by atoms with Crippen LogP contribution in [0.2, 0.25) is 0 Å². The molecule has 0 rings (SSSR count). The van der Waals surface area contributed by atoms with Gasteiger partial charge in [-0.15, -0.1) is 0 Å². The maximum atomic E-state index is 12.1. The van der Waals surface area contributed by atoms with E-state index in [1.165, 1.54) is 0 Å². The Labute approximate surface area is 128 Å². The first kappa shape index (κ1) is 19.4. The van der Waals surface area contributed by atoms with Crippen molar-refractivity contribution >= 4 is 11.9 Å². The molecule has 0 aromatic heterocycles. The van der Waals surface area contributed by atoms with Gasteiger partial charge in [-0.25, -0.2) is 9.59 Å². The molecule has 4 heteroatoms. The summed E-state index contributed by atoms with van der Waals surface area (Å²) in [6.45, 7) is 8.31. The van der Waals surface area contributed by atoms with Crippen LogP contribution in [0.4, 0.5) is 0 Å². The summed E-state index contributed by atoms with van der Waals surface area (Å²) in [7, 11) is 0.